The van der Waals surface area contributed by atoms with Crippen LogP contribution in [0.15, 0.2) is 37.1 Å². The molecule has 0 amide bonds. The van der Waals surface area contributed by atoms with E-state index in [1.165, 1.54) is 18.3 Å². The SMILES string of the molecule is C=CC(OC(C)=O)(c1ccccn1)C(F)(F)F. The van der Waals surface area contributed by atoms with Gasteiger partial charge in [-0.15, -0.1) is 0 Å². The van der Waals surface area contributed by atoms with Gasteiger partial charge in [0.15, 0.2) is 0 Å². The number of halogens is 3. The number of pyridine rings is 1. The van der Waals surface area contributed by atoms with E-state index in [-0.39, 0.29) is 0 Å². The minimum atomic E-state index is -4.82. The third-order valence-electron chi connectivity index (χ3n) is 2.06. The second kappa shape index (κ2) is 4.57. The van der Waals surface area contributed by atoms with Gasteiger partial charge in [-0.05, 0) is 18.2 Å². The van der Waals surface area contributed by atoms with Gasteiger partial charge in [-0.2, -0.15) is 13.2 Å². The van der Waals surface area contributed by atoms with Crippen molar-refractivity contribution in [3.8, 4) is 0 Å². The number of alkyl halides is 3. The number of carbonyl (C=O) groups is 1. The Labute approximate surface area is 95.9 Å². The summed E-state index contributed by atoms with van der Waals surface area (Å²) in [6.45, 7) is 3.99. The van der Waals surface area contributed by atoms with Crippen LogP contribution < -0.4 is 0 Å². The highest BCUT2D eigenvalue weighted by molar-refractivity contribution is 5.67. The molecule has 0 aliphatic rings. The predicted octanol–water partition coefficient (Wildman–Crippen LogP) is 2.59. The van der Waals surface area contributed by atoms with Crippen LogP contribution in [0.5, 0.6) is 0 Å². The van der Waals surface area contributed by atoms with Gasteiger partial charge < -0.3 is 4.74 Å². The molecule has 0 spiro atoms. The molecule has 92 valence electrons. The molecule has 1 heterocycles. The number of hydrogen-bond acceptors (Lipinski definition) is 3. The quantitative estimate of drug-likeness (QED) is 0.607. The van der Waals surface area contributed by atoms with Gasteiger partial charge >= 0.3 is 12.1 Å². The second-order valence-corrected chi connectivity index (χ2v) is 3.25. The predicted molar refractivity (Wildman–Crippen MR) is 53.9 cm³/mol. The van der Waals surface area contributed by atoms with Crippen LogP contribution in [0.3, 0.4) is 0 Å². The molecule has 1 aromatic heterocycles. The largest absolute Gasteiger partial charge is 0.439 e. The number of hydrogen-bond donors (Lipinski definition) is 0. The van der Waals surface area contributed by atoms with E-state index in [0.29, 0.717) is 6.08 Å². The Morgan fingerprint density at radius 1 is 1.47 bits per heavy atom. The Morgan fingerprint density at radius 3 is 2.47 bits per heavy atom. The van der Waals surface area contributed by atoms with E-state index in [1.54, 1.807) is 0 Å². The number of nitrogens with zero attached hydrogens (tertiary/aromatic N) is 1. The minimum absolute atomic E-state index is 0.433. The lowest BCUT2D eigenvalue weighted by atomic mass is 9.98. The first-order valence-corrected chi connectivity index (χ1v) is 4.65. The fraction of sp³-hybridized carbons (Fsp3) is 0.273. The molecule has 6 heteroatoms. The lowest BCUT2D eigenvalue weighted by molar-refractivity contribution is -0.257. The van der Waals surface area contributed by atoms with Crippen LogP contribution in [0.1, 0.15) is 12.6 Å². The molecule has 0 bridgehead atoms. The zero-order valence-corrected chi connectivity index (χ0v) is 8.99. The van der Waals surface area contributed by atoms with Gasteiger partial charge in [-0.25, -0.2) is 0 Å². The third kappa shape index (κ3) is 2.46. The van der Waals surface area contributed by atoms with Crippen molar-refractivity contribution < 1.29 is 22.7 Å². The molecule has 0 saturated carbocycles. The number of rotatable bonds is 3. The zero-order chi connectivity index (χ0) is 13.1. The molecule has 0 aliphatic carbocycles. The van der Waals surface area contributed by atoms with Crippen LogP contribution >= 0.6 is 0 Å². The van der Waals surface area contributed by atoms with E-state index in [1.807, 2.05) is 0 Å². The van der Waals surface area contributed by atoms with Crippen molar-refractivity contribution in [1.29, 1.82) is 0 Å². The lowest BCUT2D eigenvalue weighted by Gasteiger charge is -2.31. The van der Waals surface area contributed by atoms with E-state index < -0.39 is 23.4 Å². The topological polar surface area (TPSA) is 39.2 Å². The summed E-state index contributed by atoms with van der Waals surface area (Å²) in [5, 5.41) is 0. The number of aromatic nitrogens is 1. The van der Waals surface area contributed by atoms with E-state index in [4.69, 9.17) is 0 Å². The molecular formula is C11H10F3NO2. The second-order valence-electron chi connectivity index (χ2n) is 3.25. The van der Waals surface area contributed by atoms with Crippen molar-refractivity contribution in [1.82, 2.24) is 4.98 Å². The standard InChI is InChI=1S/C11H10F3NO2/c1-3-10(11(12,13)14,17-8(2)16)9-6-4-5-7-15-9/h3-7H,1H2,2H3. The molecule has 1 atom stereocenters. The van der Waals surface area contributed by atoms with Crippen LogP contribution in [-0.2, 0) is 15.1 Å². The lowest BCUT2D eigenvalue weighted by Crippen LogP contribution is -2.44. The van der Waals surface area contributed by atoms with Gasteiger partial charge in [0.2, 0.25) is 0 Å². The highest BCUT2D eigenvalue weighted by Gasteiger charge is 2.58. The number of ether oxygens (including phenoxy) is 1. The van der Waals surface area contributed by atoms with Gasteiger partial charge in [-0.1, -0.05) is 12.6 Å². The molecule has 17 heavy (non-hydrogen) atoms. The van der Waals surface area contributed by atoms with Crippen molar-refractivity contribution >= 4 is 5.97 Å². The molecule has 0 aromatic carbocycles. The Morgan fingerprint density at radius 2 is 2.12 bits per heavy atom. The maximum absolute atomic E-state index is 13.0. The van der Waals surface area contributed by atoms with Gasteiger partial charge in [-0.3, -0.25) is 9.78 Å². The van der Waals surface area contributed by atoms with Crippen LogP contribution in [0.25, 0.3) is 0 Å². The summed E-state index contributed by atoms with van der Waals surface area (Å²) in [5.74, 6) is -1.06. The number of esters is 1. The van der Waals surface area contributed by atoms with Crippen molar-refractivity contribution in [2.75, 3.05) is 0 Å². The summed E-state index contributed by atoms with van der Waals surface area (Å²) in [7, 11) is 0. The molecular weight excluding hydrogens is 235 g/mol. The van der Waals surface area contributed by atoms with Gasteiger partial charge in [0.25, 0.3) is 5.60 Å². The summed E-state index contributed by atoms with van der Waals surface area (Å²) >= 11 is 0. The average molecular weight is 245 g/mol. The van der Waals surface area contributed by atoms with Gasteiger partial charge in [0, 0.05) is 13.1 Å². The van der Waals surface area contributed by atoms with Gasteiger partial charge in [0.1, 0.15) is 0 Å². The van der Waals surface area contributed by atoms with Crippen LogP contribution in [0, 0.1) is 0 Å². The van der Waals surface area contributed by atoms with Gasteiger partial charge in [0.05, 0.1) is 5.69 Å². The fourth-order valence-corrected chi connectivity index (χ4v) is 1.33. The van der Waals surface area contributed by atoms with Crippen LogP contribution in [0.2, 0.25) is 0 Å². The van der Waals surface area contributed by atoms with E-state index in [9.17, 15) is 18.0 Å². The molecule has 3 nitrogen and oxygen atoms in total. The summed E-state index contributed by atoms with van der Waals surface area (Å²) < 4.78 is 43.5. The molecule has 0 radical (unpaired) electrons. The first kappa shape index (κ1) is 13.2. The Hall–Kier alpha value is -1.85. The summed E-state index contributed by atoms with van der Waals surface area (Å²) in [6, 6.07) is 3.95. The van der Waals surface area contributed by atoms with Crippen molar-refractivity contribution in [2.24, 2.45) is 0 Å². The normalized spacial score (nSPS) is 14.8. The molecule has 1 aromatic rings. The molecule has 0 aliphatic heterocycles. The average Bonchev–Trinajstić information content (AvgIpc) is 2.25. The van der Waals surface area contributed by atoms with E-state index in [0.717, 1.165) is 13.0 Å². The fourth-order valence-electron chi connectivity index (χ4n) is 1.33. The molecule has 0 fully saturated rings. The van der Waals surface area contributed by atoms with Crippen molar-refractivity contribution in [3.05, 3.63) is 42.7 Å². The molecule has 0 saturated heterocycles. The highest BCUT2D eigenvalue weighted by Crippen LogP contribution is 2.42. The van der Waals surface area contributed by atoms with Crippen LogP contribution in [-0.4, -0.2) is 17.1 Å². The third-order valence-corrected chi connectivity index (χ3v) is 2.06. The smallest absolute Gasteiger partial charge is 0.438 e. The summed E-state index contributed by atoms with van der Waals surface area (Å²) in [4.78, 5) is 14.4. The Bertz CT molecular complexity index is 416. The summed E-state index contributed by atoms with van der Waals surface area (Å²) in [5.41, 5.74) is -3.34. The summed E-state index contributed by atoms with van der Waals surface area (Å²) in [6.07, 6.45) is -3.12. The zero-order valence-electron chi connectivity index (χ0n) is 8.99. The molecule has 0 N–H and O–H groups in total. The van der Waals surface area contributed by atoms with Crippen molar-refractivity contribution in [2.45, 2.75) is 18.7 Å². The van der Waals surface area contributed by atoms with E-state index >= 15 is 0 Å². The molecule has 1 unspecified atom stereocenters. The highest BCUT2D eigenvalue weighted by atomic mass is 19.4. The Kier molecular flexibility index (Phi) is 3.55. The first-order chi connectivity index (χ1) is 7.83. The minimum Gasteiger partial charge on any atom is -0.439 e. The maximum Gasteiger partial charge on any atom is 0.438 e. The van der Waals surface area contributed by atoms with E-state index in [2.05, 4.69) is 16.3 Å². The number of carbonyl (C=O) groups excluding carboxylic acids is 1. The maximum atomic E-state index is 13.0. The first-order valence-electron chi connectivity index (χ1n) is 4.65. The van der Waals surface area contributed by atoms with Crippen LogP contribution in [0.4, 0.5) is 13.2 Å². The molecule has 1 rings (SSSR count). The monoisotopic (exact) mass is 245 g/mol. The van der Waals surface area contributed by atoms with Crippen molar-refractivity contribution in [3.63, 3.8) is 0 Å². The Balaban J connectivity index is 3.37.